The number of likely N-dealkylation sites (tertiary alicyclic amines) is 1. The molecule has 2 fully saturated rings. The molecule has 1 saturated heterocycles. The molecule has 2 aliphatic rings. The van der Waals surface area contributed by atoms with Gasteiger partial charge in [0.05, 0.1) is 11.7 Å². The van der Waals surface area contributed by atoms with E-state index in [-0.39, 0.29) is 5.91 Å². The van der Waals surface area contributed by atoms with Crippen molar-refractivity contribution in [2.24, 2.45) is 0 Å². The van der Waals surface area contributed by atoms with E-state index < -0.39 is 0 Å². The summed E-state index contributed by atoms with van der Waals surface area (Å²) in [5.74, 6) is 1.12. The second-order valence-electron chi connectivity index (χ2n) is 7.65. The quantitative estimate of drug-likeness (QED) is 0.677. The van der Waals surface area contributed by atoms with Gasteiger partial charge >= 0.3 is 0 Å². The van der Waals surface area contributed by atoms with Crippen molar-refractivity contribution in [3.8, 4) is 0 Å². The monoisotopic (exact) mass is 394 g/mol. The predicted octanol–water partition coefficient (Wildman–Crippen LogP) is 3.06. The smallest absolute Gasteiger partial charge is 0.253 e. The van der Waals surface area contributed by atoms with E-state index in [0.29, 0.717) is 17.6 Å². The van der Waals surface area contributed by atoms with Crippen LogP contribution in [0.4, 0.5) is 5.82 Å². The largest absolute Gasteiger partial charge is 0.350 e. The maximum absolute atomic E-state index is 12.9. The van der Waals surface area contributed by atoms with E-state index in [4.69, 9.17) is 0 Å². The molecule has 0 bridgehead atoms. The van der Waals surface area contributed by atoms with E-state index in [0.717, 1.165) is 48.5 Å². The van der Waals surface area contributed by atoms with Crippen LogP contribution in [-0.4, -0.2) is 54.7 Å². The number of carbonyl (C=O) groups excluding carboxylic acids is 1. The maximum atomic E-state index is 12.9. The third-order valence-corrected chi connectivity index (χ3v) is 6.20. The number of piperidine rings is 1. The molecule has 1 saturated carbocycles. The van der Waals surface area contributed by atoms with Crippen LogP contribution in [-0.2, 0) is 0 Å². The summed E-state index contributed by atoms with van der Waals surface area (Å²) in [6.45, 7) is 3.54. The zero-order valence-corrected chi connectivity index (χ0v) is 16.6. The lowest BCUT2D eigenvalue weighted by molar-refractivity contribution is 0.0712. The summed E-state index contributed by atoms with van der Waals surface area (Å²) in [6, 6.07) is 8.68. The van der Waals surface area contributed by atoms with Gasteiger partial charge < -0.3 is 9.80 Å². The van der Waals surface area contributed by atoms with Crippen LogP contribution in [0.2, 0.25) is 0 Å². The Balaban J connectivity index is 1.29. The van der Waals surface area contributed by atoms with E-state index in [1.807, 2.05) is 30.0 Å². The first kappa shape index (κ1) is 17.5. The summed E-state index contributed by atoms with van der Waals surface area (Å²) < 4.78 is 8.46. The molecule has 0 radical (unpaired) electrons. The van der Waals surface area contributed by atoms with Gasteiger partial charge in [-0.25, -0.2) is 9.97 Å². The van der Waals surface area contributed by atoms with Gasteiger partial charge in [-0.1, -0.05) is 0 Å². The van der Waals surface area contributed by atoms with E-state index in [9.17, 15) is 4.79 Å². The highest BCUT2D eigenvalue weighted by atomic mass is 32.1. The first-order valence-corrected chi connectivity index (χ1v) is 10.5. The molecule has 8 heteroatoms. The van der Waals surface area contributed by atoms with Crippen molar-refractivity contribution < 1.29 is 4.79 Å². The topological polar surface area (TPSA) is 75.1 Å². The molecule has 3 heterocycles. The van der Waals surface area contributed by atoms with Crippen LogP contribution in [0.5, 0.6) is 0 Å². The Morgan fingerprint density at radius 2 is 1.79 bits per heavy atom. The number of fused-ring (bicyclic) bond motifs is 1. The zero-order chi connectivity index (χ0) is 19.1. The van der Waals surface area contributed by atoms with Gasteiger partial charge in [0, 0.05) is 42.5 Å². The number of carbonyl (C=O) groups is 1. The normalized spacial score (nSPS) is 17.8. The number of aryl methyl sites for hydroxylation is 1. The number of rotatable bonds is 4. The fourth-order valence-electron chi connectivity index (χ4n) is 4.05. The van der Waals surface area contributed by atoms with Crippen molar-refractivity contribution in [1.29, 1.82) is 0 Å². The van der Waals surface area contributed by atoms with Crippen LogP contribution in [0.25, 0.3) is 11.0 Å². The van der Waals surface area contributed by atoms with Gasteiger partial charge in [0.2, 0.25) is 0 Å². The molecule has 1 aromatic carbocycles. The Kier molecular flexibility index (Phi) is 4.43. The van der Waals surface area contributed by atoms with Crippen molar-refractivity contribution >= 4 is 34.5 Å². The molecule has 7 nitrogen and oxygen atoms in total. The Morgan fingerprint density at radius 3 is 2.54 bits per heavy atom. The number of hydrogen-bond acceptors (Lipinski definition) is 7. The molecule has 5 rings (SSSR count). The molecular weight excluding hydrogens is 372 g/mol. The standard InChI is InChI=1S/C20H22N6OS/c1-13-10-19(22-12-21-13)26(15-3-4-15)16-6-8-25(9-7-16)20(27)14-2-5-17-18(11-14)24-28-23-17/h2,5,10-12,15-16H,3-4,6-9H2,1H3. The third kappa shape index (κ3) is 3.32. The number of hydrogen-bond donors (Lipinski definition) is 0. The van der Waals surface area contributed by atoms with Gasteiger partial charge in [-0.3, -0.25) is 4.79 Å². The number of nitrogens with zero attached hydrogens (tertiary/aromatic N) is 6. The highest BCUT2D eigenvalue weighted by molar-refractivity contribution is 7.00. The lowest BCUT2D eigenvalue weighted by Gasteiger charge is -2.39. The van der Waals surface area contributed by atoms with E-state index in [1.54, 1.807) is 6.33 Å². The number of aromatic nitrogens is 4. The molecule has 1 aliphatic carbocycles. The summed E-state index contributed by atoms with van der Waals surface area (Å²) >= 11 is 1.18. The van der Waals surface area contributed by atoms with Gasteiger partial charge in [-0.2, -0.15) is 8.75 Å². The van der Waals surface area contributed by atoms with Gasteiger partial charge in [0.25, 0.3) is 5.91 Å². The summed E-state index contributed by atoms with van der Waals surface area (Å²) in [7, 11) is 0. The zero-order valence-electron chi connectivity index (χ0n) is 15.8. The van der Waals surface area contributed by atoms with Gasteiger partial charge in [-0.05, 0) is 50.8 Å². The average molecular weight is 395 g/mol. The molecule has 0 unspecified atom stereocenters. The summed E-state index contributed by atoms with van der Waals surface area (Å²) in [5, 5.41) is 0. The minimum Gasteiger partial charge on any atom is -0.350 e. The average Bonchev–Trinajstić information content (AvgIpc) is 3.43. The van der Waals surface area contributed by atoms with E-state index >= 15 is 0 Å². The molecule has 1 amide bonds. The number of anilines is 1. The lowest BCUT2D eigenvalue weighted by Crippen LogP contribution is -2.48. The van der Waals surface area contributed by atoms with Crippen LogP contribution in [0.15, 0.2) is 30.6 Å². The van der Waals surface area contributed by atoms with Crippen LogP contribution < -0.4 is 4.90 Å². The number of benzene rings is 1. The second-order valence-corrected chi connectivity index (χ2v) is 8.18. The SMILES string of the molecule is Cc1cc(N(C2CC2)C2CCN(C(=O)c3ccc4nsnc4c3)CC2)ncn1. The summed E-state index contributed by atoms with van der Waals surface area (Å²) in [6.07, 6.45) is 6.04. The molecule has 0 atom stereocenters. The van der Waals surface area contributed by atoms with Crippen molar-refractivity contribution in [3.05, 3.63) is 41.9 Å². The van der Waals surface area contributed by atoms with Crippen molar-refractivity contribution in [2.75, 3.05) is 18.0 Å². The van der Waals surface area contributed by atoms with Gasteiger partial charge in [0.1, 0.15) is 23.2 Å². The summed E-state index contributed by atoms with van der Waals surface area (Å²) in [5.41, 5.74) is 3.34. The molecular formula is C20H22N6OS. The minimum absolute atomic E-state index is 0.0872. The predicted molar refractivity (Wildman–Crippen MR) is 109 cm³/mol. The molecule has 1 aliphatic heterocycles. The van der Waals surface area contributed by atoms with Crippen molar-refractivity contribution in [3.63, 3.8) is 0 Å². The lowest BCUT2D eigenvalue weighted by atomic mass is 10.0. The van der Waals surface area contributed by atoms with E-state index in [1.165, 1.54) is 24.6 Å². The Morgan fingerprint density at radius 1 is 1.04 bits per heavy atom. The Labute approximate surface area is 167 Å². The second kappa shape index (κ2) is 7.09. The maximum Gasteiger partial charge on any atom is 0.253 e. The molecule has 2 aromatic heterocycles. The van der Waals surface area contributed by atoms with E-state index in [2.05, 4.69) is 29.7 Å². The highest BCUT2D eigenvalue weighted by Crippen LogP contribution is 2.35. The van der Waals surface area contributed by atoms with Crippen LogP contribution in [0.1, 0.15) is 41.7 Å². The Bertz CT molecular complexity index is 1010. The van der Waals surface area contributed by atoms with Crippen molar-refractivity contribution in [2.45, 2.75) is 44.7 Å². The first-order chi connectivity index (χ1) is 13.7. The summed E-state index contributed by atoms with van der Waals surface area (Å²) in [4.78, 5) is 26.1. The third-order valence-electron chi connectivity index (χ3n) is 5.64. The Hall–Kier alpha value is -2.61. The fourth-order valence-corrected chi connectivity index (χ4v) is 4.57. The molecule has 0 spiro atoms. The van der Waals surface area contributed by atoms with Crippen LogP contribution >= 0.6 is 11.7 Å². The molecule has 144 valence electrons. The molecule has 28 heavy (non-hydrogen) atoms. The number of amides is 1. The molecule has 3 aromatic rings. The first-order valence-electron chi connectivity index (χ1n) is 9.77. The van der Waals surface area contributed by atoms with Gasteiger partial charge in [0.15, 0.2) is 0 Å². The fraction of sp³-hybridized carbons (Fsp3) is 0.450. The van der Waals surface area contributed by atoms with Crippen LogP contribution in [0.3, 0.4) is 0 Å². The highest BCUT2D eigenvalue weighted by Gasteiger charge is 2.37. The minimum atomic E-state index is 0.0872. The van der Waals surface area contributed by atoms with Crippen molar-refractivity contribution in [1.82, 2.24) is 23.6 Å². The molecule has 0 N–H and O–H groups in total. The van der Waals surface area contributed by atoms with Crippen LogP contribution in [0, 0.1) is 6.92 Å². The van der Waals surface area contributed by atoms with Gasteiger partial charge in [-0.15, -0.1) is 0 Å².